The minimum absolute atomic E-state index is 0.0217. The molecule has 6 rings (SSSR count). The molecule has 2 amide bonds. The summed E-state index contributed by atoms with van der Waals surface area (Å²) in [6.45, 7) is 9.06. The quantitative estimate of drug-likeness (QED) is 0.328. The van der Waals surface area contributed by atoms with E-state index in [4.69, 9.17) is 4.74 Å². The maximum atomic E-state index is 12.3. The molecule has 0 radical (unpaired) electrons. The van der Waals surface area contributed by atoms with Crippen LogP contribution in [0.4, 0.5) is 0 Å². The summed E-state index contributed by atoms with van der Waals surface area (Å²) in [6, 6.07) is 17.6. The van der Waals surface area contributed by atoms with Gasteiger partial charge in [0.2, 0.25) is 0 Å². The molecule has 2 fully saturated rings. The van der Waals surface area contributed by atoms with Gasteiger partial charge in [-0.25, -0.2) is 9.97 Å². The van der Waals surface area contributed by atoms with E-state index in [-0.39, 0.29) is 22.9 Å². The van der Waals surface area contributed by atoms with Crippen molar-refractivity contribution in [2.45, 2.75) is 39.8 Å². The van der Waals surface area contributed by atoms with Crippen LogP contribution in [0.2, 0.25) is 0 Å². The lowest BCUT2D eigenvalue weighted by Gasteiger charge is -2.26. The van der Waals surface area contributed by atoms with Crippen LogP contribution in [-0.4, -0.2) is 80.1 Å². The Balaban J connectivity index is 0.000000194. The zero-order chi connectivity index (χ0) is 32.0. The monoisotopic (exact) mass is 612 g/mol. The minimum atomic E-state index is -0.0940. The van der Waals surface area contributed by atoms with Crippen LogP contribution in [0.5, 0.6) is 0 Å². The first-order chi connectivity index (χ1) is 22.0. The molecule has 0 N–H and O–H groups in total. The molecular formula is C34H40N6O5. The maximum Gasteiger partial charge on any atom is 0.254 e. The van der Waals surface area contributed by atoms with Crippen LogP contribution in [0, 0.1) is 0 Å². The minimum Gasteiger partial charge on any atom is -0.378 e. The van der Waals surface area contributed by atoms with Crippen LogP contribution < -0.4 is 11.1 Å². The third-order valence-electron chi connectivity index (χ3n) is 7.38. The third kappa shape index (κ3) is 9.29. The van der Waals surface area contributed by atoms with Crippen molar-refractivity contribution >= 4 is 11.8 Å². The summed E-state index contributed by atoms with van der Waals surface area (Å²) < 4.78 is 8.32. The molecular weight excluding hydrogens is 572 g/mol. The van der Waals surface area contributed by atoms with E-state index < -0.39 is 0 Å². The molecule has 2 aliphatic heterocycles. The molecule has 2 aromatic heterocycles. The van der Waals surface area contributed by atoms with Crippen LogP contribution in [0.1, 0.15) is 58.5 Å². The summed E-state index contributed by atoms with van der Waals surface area (Å²) in [4.78, 5) is 59.4. The smallest absolute Gasteiger partial charge is 0.254 e. The van der Waals surface area contributed by atoms with Crippen molar-refractivity contribution < 1.29 is 14.3 Å². The van der Waals surface area contributed by atoms with Crippen molar-refractivity contribution in [3.63, 3.8) is 0 Å². The lowest BCUT2D eigenvalue weighted by Crippen LogP contribution is -2.40. The van der Waals surface area contributed by atoms with E-state index in [0.29, 0.717) is 50.5 Å². The molecule has 45 heavy (non-hydrogen) atoms. The number of morpholine rings is 1. The number of hydrogen-bond donors (Lipinski definition) is 0. The molecule has 0 aliphatic carbocycles. The van der Waals surface area contributed by atoms with Gasteiger partial charge < -0.3 is 14.5 Å². The predicted octanol–water partition coefficient (Wildman–Crippen LogP) is 3.32. The van der Waals surface area contributed by atoms with E-state index in [1.807, 2.05) is 55.1 Å². The van der Waals surface area contributed by atoms with Gasteiger partial charge in [0.25, 0.3) is 22.9 Å². The van der Waals surface area contributed by atoms with Crippen molar-refractivity contribution in [2.75, 3.05) is 39.4 Å². The molecule has 11 heteroatoms. The summed E-state index contributed by atoms with van der Waals surface area (Å²) in [6.07, 6.45) is 8.17. The average molecular weight is 613 g/mol. The molecule has 4 heterocycles. The van der Waals surface area contributed by atoms with Gasteiger partial charge >= 0.3 is 0 Å². The van der Waals surface area contributed by atoms with Gasteiger partial charge in [0.1, 0.15) is 0 Å². The summed E-state index contributed by atoms with van der Waals surface area (Å²) in [5.74, 6) is 0.117. The standard InChI is InChI=1S/C16H17N3O3.C16H17N3O2.C2H6/c20-15-5-6-17-12-19(15)11-13-1-3-14(4-2-13)16(21)18-7-9-22-10-8-18;20-15-7-8-17-12-19(15)11-13-3-5-14(6-4-13)16(21)18-9-1-2-10-18;1-2/h1-6,12H,7-11H2;3-8,12H,1-2,9-11H2;1-2H3. The van der Waals surface area contributed by atoms with E-state index in [1.165, 1.54) is 46.3 Å². The van der Waals surface area contributed by atoms with Gasteiger partial charge in [-0.1, -0.05) is 38.1 Å². The first-order valence-corrected chi connectivity index (χ1v) is 15.3. The van der Waals surface area contributed by atoms with Crippen LogP contribution in [0.25, 0.3) is 0 Å². The predicted molar refractivity (Wildman–Crippen MR) is 171 cm³/mol. The fraction of sp³-hybridized carbons (Fsp3) is 0.353. The number of carbonyl (C=O) groups excluding carboxylic acids is 2. The third-order valence-corrected chi connectivity index (χ3v) is 7.38. The number of benzene rings is 2. The number of carbonyl (C=O) groups is 2. The Kier molecular flexibility index (Phi) is 12.3. The Morgan fingerprint density at radius 1 is 0.622 bits per heavy atom. The number of hydrogen-bond acceptors (Lipinski definition) is 7. The second-order valence-electron chi connectivity index (χ2n) is 10.4. The molecule has 2 aliphatic rings. The first kappa shape index (κ1) is 33.0. The van der Waals surface area contributed by atoms with E-state index in [9.17, 15) is 19.2 Å². The lowest BCUT2D eigenvalue weighted by atomic mass is 10.1. The SMILES string of the molecule is CC.O=C(c1ccc(Cn2cnccc2=O)cc1)N1CCCC1.O=C(c1ccc(Cn2cnccc2=O)cc1)N1CCOCC1. The molecule has 0 saturated carbocycles. The van der Waals surface area contributed by atoms with Crippen molar-refractivity contribution in [3.05, 3.63) is 129 Å². The molecule has 0 bridgehead atoms. The van der Waals surface area contributed by atoms with E-state index in [2.05, 4.69) is 9.97 Å². The Bertz CT molecular complexity index is 1640. The van der Waals surface area contributed by atoms with Gasteiger partial charge in [0, 0.05) is 61.8 Å². The number of amides is 2. The van der Waals surface area contributed by atoms with Crippen molar-refractivity contribution in [1.29, 1.82) is 0 Å². The Morgan fingerprint density at radius 3 is 1.42 bits per heavy atom. The zero-order valence-corrected chi connectivity index (χ0v) is 25.9. The van der Waals surface area contributed by atoms with E-state index >= 15 is 0 Å². The summed E-state index contributed by atoms with van der Waals surface area (Å²) in [7, 11) is 0. The van der Waals surface area contributed by atoms with Gasteiger partial charge in [-0.05, 0) is 48.2 Å². The number of nitrogens with zero attached hydrogens (tertiary/aromatic N) is 6. The van der Waals surface area contributed by atoms with Crippen LogP contribution in [0.15, 0.2) is 95.3 Å². The molecule has 2 saturated heterocycles. The molecule has 4 aromatic rings. The van der Waals surface area contributed by atoms with Gasteiger partial charge in [-0.2, -0.15) is 0 Å². The number of likely N-dealkylation sites (tertiary alicyclic amines) is 1. The lowest BCUT2D eigenvalue weighted by molar-refractivity contribution is 0.0303. The summed E-state index contributed by atoms with van der Waals surface area (Å²) >= 11 is 0. The maximum absolute atomic E-state index is 12.3. The highest BCUT2D eigenvalue weighted by atomic mass is 16.5. The van der Waals surface area contributed by atoms with Gasteiger partial charge in [0.05, 0.1) is 39.0 Å². The highest BCUT2D eigenvalue weighted by molar-refractivity contribution is 5.94. The normalized spacial score (nSPS) is 14.1. The van der Waals surface area contributed by atoms with Gasteiger partial charge in [-0.3, -0.25) is 28.3 Å². The molecule has 0 atom stereocenters. The Hall–Kier alpha value is -4.90. The van der Waals surface area contributed by atoms with Gasteiger partial charge in [0.15, 0.2) is 0 Å². The van der Waals surface area contributed by atoms with Crippen molar-refractivity contribution in [2.24, 2.45) is 0 Å². The van der Waals surface area contributed by atoms with E-state index in [0.717, 1.165) is 37.1 Å². The number of aromatic nitrogens is 4. The summed E-state index contributed by atoms with van der Waals surface area (Å²) in [5, 5.41) is 0. The largest absolute Gasteiger partial charge is 0.378 e. The highest BCUT2D eigenvalue weighted by Crippen LogP contribution is 2.14. The van der Waals surface area contributed by atoms with Crippen molar-refractivity contribution in [1.82, 2.24) is 28.9 Å². The fourth-order valence-corrected chi connectivity index (χ4v) is 4.94. The van der Waals surface area contributed by atoms with Gasteiger partial charge in [-0.15, -0.1) is 0 Å². The second kappa shape index (κ2) is 16.8. The van der Waals surface area contributed by atoms with Crippen molar-refractivity contribution in [3.8, 4) is 0 Å². The second-order valence-corrected chi connectivity index (χ2v) is 10.4. The Morgan fingerprint density at radius 2 is 1.02 bits per heavy atom. The van der Waals surface area contributed by atoms with E-state index in [1.54, 1.807) is 17.0 Å². The number of rotatable bonds is 6. The fourth-order valence-electron chi connectivity index (χ4n) is 4.94. The Labute approximate surface area is 262 Å². The van der Waals surface area contributed by atoms with Crippen LogP contribution in [0.3, 0.4) is 0 Å². The molecule has 0 unspecified atom stereocenters. The molecule has 11 nitrogen and oxygen atoms in total. The average Bonchev–Trinajstić information content (AvgIpc) is 3.64. The topological polar surface area (TPSA) is 120 Å². The molecule has 2 aromatic carbocycles. The zero-order valence-electron chi connectivity index (χ0n) is 25.9. The highest BCUT2D eigenvalue weighted by Gasteiger charge is 2.19. The van der Waals surface area contributed by atoms with Crippen LogP contribution in [-0.2, 0) is 17.8 Å². The summed E-state index contributed by atoms with van der Waals surface area (Å²) in [5.41, 5.74) is 3.12. The molecule has 236 valence electrons. The number of ether oxygens (including phenoxy) is 1. The van der Waals surface area contributed by atoms with Crippen LogP contribution >= 0.6 is 0 Å². The molecule has 0 spiro atoms. The first-order valence-electron chi connectivity index (χ1n) is 15.3.